The van der Waals surface area contributed by atoms with Crippen molar-refractivity contribution in [3.63, 3.8) is 0 Å². The van der Waals surface area contributed by atoms with Gasteiger partial charge in [0.1, 0.15) is 5.82 Å². The van der Waals surface area contributed by atoms with Crippen molar-refractivity contribution in [1.29, 1.82) is 0 Å². The molecule has 2 aromatic carbocycles. The van der Waals surface area contributed by atoms with Gasteiger partial charge in [-0.2, -0.15) is 4.98 Å². The van der Waals surface area contributed by atoms with E-state index in [1.807, 2.05) is 48.5 Å². The summed E-state index contributed by atoms with van der Waals surface area (Å²) in [5.74, 6) is 1.10. The lowest BCUT2D eigenvalue weighted by molar-refractivity contribution is -0.114. The third kappa shape index (κ3) is 5.19. The Balaban J connectivity index is 1.61. The van der Waals surface area contributed by atoms with Crippen LogP contribution in [0.2, 0.25) is 5.02 Å². The van der Waals surface area contributed by atoms with E-state index in [-0.39, 0.29) is 5.91 Å². The zero-order valence-corrected chi connectivity index (χ0v) is 14.9. The summed E-state index contributed by atoms with van der Waals surface area (Å²) in [5.41, 5.74) is 2.70. The van der Waals surface area contributed by atoms with Gasteiger partial charge in [-0.3, -0.25) is 4.79 Å². The van der Waals surface area contributed by atoms with Crippen molar-refractivity contribution in [2.24, 2.45) is 0 Å². The van der Waals surface area contributed by atoms with E-state index in [1.165, 1.54) is 6.92 Å². The highest BCUT2D eigenvalue weighted by molar-refractivity contribution is 6.30. The van der Waals surface area contributed by atoms with E-state index < -0.39 is 0 Å². The summed E-state index contributed by atoms with van der Waals surface area (Å²) in [7, 11) is 0. The molecule has 0 aliphatic carbocycles. The van der Waals surface area contributed by atoms with Gasteiger partial charge in [0.15, 0.2) is 0 Å². The Bertz CT molecular complexity index is 881. The van der Waals surface area contributed by atoms with Gasteiger partial charge < -0.3 is 16.0 Å². The van der Waals surface area contributed by atoms with Crippen molar-refractivity contribution in [2.75, 3.05) is 16.0 Å². The molecule has 0 saturated heterocycles. The highest BCUT2D eigenvalue weighted by Gasteiger charge is 2.02. The van der Waals surface area contributed by atoms with Crippen molar-refractivity contribution in [3.8, 4) is 0 Å². The fourth-order valence-corrected chi connectivity index (χ4v) is 2.41. The number of anilines is 4. The minimum atomic E-state index is -0.0992. The average Bonchev–Trinajstić information content (AvgIpc) is 2.63. The highest BCUT2D eigenvalue weighted by atomic mass is 35.5. The molecule has 6 nitrogen and oxygen atoms in total. The molecular weight excluding hydrogens is 350 g/mol. The van der Waals surface area contributed by atoms with Gasteiger partial charge in [-0.05, 0) is 48.0 Å². The van der Waals surface area contributed by atoms with Gasteiger partial charge in [0.05, 0.1) is 0 Å². The topological polar surface area (TPSA) is 78.9 Å². The lowest BCUT2D eigenvalue weighted by atomic mass is 10.2. The van der Waals surface area contributed by atoms with E-state index in [4.69, 9.17) is 11.6 Å². The summed E-state index contributed by atoms with van der Waals surface area (Å²) in [6, 6.07) is 16.8. The second-order valence-electron chi connectivity index (χ2n) is 5.63. The standard InChI is InChI=1S/C19H18ClN5O/c1-13(26)23-16-6-8-17(9-7-16)24-18-10-11-21-19(25-18)22-12-14-2-4-15(20)5-3-14/h2-11H,12H2,1H3,(H,23,26)(H2,21,22,24,25). The molecule has 1 heterocycles. The molecule has 26 heavy (non-hydrogen) atoms. The summed E-state index contributed by atoms with van der Waals surface area (Å²) in [6.45, 7) is 2.08. The molecule has 0 spiro atoms. The molecule has 3 aromatic rings. The fourth-order valence-electron chi connectivity index (χ4n) is 2.28. The van der Waals surface area contributed by atoms with Gasteiger partial charge in [0.2, 0.25) is 11.9 Å². The van der Waals surface area contributed by atoms with Gasteiger partial charge >= 0.3 is 0 Å². The van der Waals surface area contributed by atoms with Crippen molar-refractivity contribution < 1.29 is 4.79 Å². The maximum Gasteiger partial charge on any atom is 0.224 e. The monoisotopic (exact) mass is 367 g/mol. The number of hydrogen-bond donors (Lipinski definition) is 3. The Morgan fingerprint density at radius 1 is 1.00 bits per heavy atom. The van der Waals surface area contributed by atoms with E-state index in [1.54, 1.807) is 12.3 Å². The van der Waals surface area contributed by atoms with Crippen LogP contribution in [0.25, 0.3) is 0 Å². The number of benzene rings is 2. The van der Waals surface area contributed by atoms with Crippen LogP contribution < -0.4 is 16.0 Å². The molecule has 0 saturated carbocycles. The third-order valence-electron chi connectivity index (χ3n) is 3.50. The second-order valence-corrected chi connectivity index (χ2v) is 6.07. The maximum absolute atomic E-state index is 11.1. The van der Waals surface area contributed by atoms with Gasteiger partial charge in [-0.15, -0.1) is 0 Å². The molecule has 1 amide bonds. The molecule has 0 unspecified atom stereocenters. The van der Waals surface area contributed by atoms with Crippen LogP contribution in [0.5, 0.6) is 0 Å². The van der Waals surface area contributed by atoms with Gasteiger partial charge in [-0.25, -0.2) is 4.98 Å². The minimum Gasteiger partial charge on any atom is -0.350 e. The summed E-state index contributed by atoms with van der Waals surface area (Å²) in [5, 5.41) is 9.83. The molecule has 0 aliphatic heterocycles. The van der Waals surface area contributed by atoms with E-state index in [0.29, 0.717) is 23.3 Å². The third-order valence-corrected chi connectivity index (χ3v) is 3.75. The molecule has 0 bridgehead atoms. The van der Waals surface area contributed by atoms with Crippen LogP contribution in [-0.4, -0.2) is 15.9 Å². The fraction of sp³-hybridized carbons (Fsp3) is 0.105. The molecular formula is C19H18ClN5O. The first-order chi connectivity index (χ1) is 12.6. The van der Waals surface area contributed by atoms with Crippen molar-refractivity contribution in [2.45, 2.75) is 13.5 Å². The minimum absolute atomic E-state index is 0.0992. The lowest BCUT2D eigenvalue weighted by Gasteiger charge is -2.09. The molecule has 0 radical (unpaired) electrons. The van der Waals surface area contributed by atoms with Gasteiger partial charge in [0.25, 0.3) is 0 Å². The zero-order valence-electron chi connectivity index (χ0n) is 14.2. The summed E-state index contributed by atoms with van der Waals surface area (Å²) in [6.07, 6.45) is 1.69. The van der Waals surface area contributed by atoms with Crippen LogP contribution in [0.4, 0.5) is 23.1 Å². The molecule has 3 N–H and O–H groups in total. The SMILES string of the molecule is CC(=O)Nc1ccc(Nc2ccnc(NCc3ccc(Cl)cc3)n2)cc1. The Morgan fingerprint density at radius 2 is 1.69 bits per heavy atom. The first-order valence-electron chi connectivity index (χ1n) is 8.04. The molecule has 1 aromatic heterocycles. The molecule has 0 fully saturated rings. The Hall–Kier alpha value is -3.12. The molecule has 132 valence electrons. The number of halogens is 1. The van der Waals surface area contributed by atoms with Gasteiger partial charge in [-0.1, -0.05) is 23.7 Å². The molecule has 7 heteroatoms. The number of hydrogen-bond acceptors (Lipinski definition) is 5. The maximum atomic E-state index is 11.1. The Morgan fingerprint density at radius 3 is 2.38 bits per heavy atom. The molecule has 3 rings (SSSR count). The molecule has 0 aliphatic rings. The van der Waals surface area contributed by atoms with Crippen LogP contribution in [0.1, 0.15) is 12.5 Å². The lowest BCUT2D eigenvalue weighted by Crippen LogP contribution is -2.06. The van der Waals surface area contributed by atoms with Crippen molar-refractivity contribution in [3.05, 3.63) is 71.4 Å². The number of aromatic nitrogens is 2. The highest BCUT2D eigenvalue weighted by Crippen LogP contribution is 2.18. The number of carbonyl (C=O) groups excluding carboxylic acids is 1. The number of rotatable bonds is 6. The smallest absolute Gasteiger partial charge is 0.224 e. The van der Waals surface area contributed by atoms with Crippen molar-refractivity contribution in [1.82, 2.24) is 9.97 Å². The normalized spacial score (nSPS) is 10.2. The number of amides is 1. The van der Waals surface area contributed by atoms with Crippen LogP contribution in [0, 0.1) is 0 Å². The largest absolute Gasteiger partial charge is 0.350 e. The van der Waals surface area contributed by atoms with E-state index >= 15 is 0 Å². The first-order valence-corrected chi connectivity index (χ1v) is 8.42. The van der Waals surface area contributed by atoms with E-state index in [0.717, 1.165) is 16.9 Å². The van der Waals surface area contributed by atoms with Crippen LogP contribution >= 0.6 is 11.6 Å². The summed E-state index contributed by atoms with van der Waals surface area (Å²) >= 11 is 5.89. The van der Waals surface area contributed by atoms with Crippen LogP contribution in [-0.2, 0) is 11.3 Å². The number of nitrogens with one attached hydrogen (secondary N) is 3. The first kappa shape index (κ1) is 17.7. The Labute approximate surface area is 156 Å². The van der Waals surface area contributed by atoms with E-state index in [9.17, 15) is 4.79 Å². The summed E-state index contributed by atoms with van der Waals surface area (Å²) < 4.78 is 0. The molecule has 0 atom stereocenters. The van der Waals surface area contributed by atoms with E-state index in [2.05, 4.69) is 25.9 Å². The second kappa shape index (κ2) is 8.31. The summed E-state index contributed by atoms with van der Waals surface area (Å²) in [4.78, 5) is 19.7. The zero-order chi connectivity index (χ0) is 18.4. The predicted octanol–water partition coefficient (Wildman–Crippen LogP) is 4.44. The quantitative estimate of drug-likeness (QED) is 0.600. The predicted molar refractivity (Wildman–Crippen MR) is 105 cm³/mol. The van der Waals surface area contributed by atoms with Gasteiger partial charge in [0, 0.05) is 36.1 Å². The average molecular weight is 368 g/mol. The van der Waals surface area contributed by atoms with Crippen LogP contribution in [0.15, 0.2) is 60.8 Å². The van der Waals surface area contributed by atoms with Crippen LogP contribution in [0.3, 0.4) is 0 Å². The Kier molecular flexibility index (Phi) is 5.66. The number of nitrogens with zero attached hydrogens (tertiary/aromatic N) is 2. The number of carbonyl (C=O) groups is 1. The van der Waals surface area contributed by atoms with Crippen molar-refractivity contribution >= 4 is 40.6 Å².